The number of rotatable bonds is 5. The van der Waals surface area contributed by atoms with E-state index in [1.807, 2.05) is 0 Å². The molecule has 2 aromatic carbocycles. The summed E-state index contributed by atoms with van der Waals surface area (Å²) in [6, 6.07) is 19.2. The van der Waals surface area contributed by atoms with Crippen LogP contribution in [0.15, 0.2) is 54.6 Å². The van der Waals surface area contributed by atoms with Crippen molar-refractivity contribution in [3.63, 3.8) is 0 Å². The van der Waals surface area contributed by atoms with Crippen molar-refractivity contribution in [1.29, 1.82) is 0 Å². The average Bonchev–Trinajstić information content (AvgIpc) is 2.42. The maximum absolute atomic E-state index is 5.78. The number of hydrogen-bond acceptors (Lipinski definition) is 1. The van der Waals surface area contributed by atoms with E-state index < -0.39 is 0 Å². The molecule has 0 fully saturated rings. The van der Waals surface area contributed by atoms with Gasteiger partial charge < -0.3 is 4.74 Å². The molecular weight excluding hydrogens is 335 g/mol. The van der Waals surface area contributed by atoms with Crippen molar-refractivity contribution in [1.82, 2.24) is 0 Å². The predicted octanol–water partition coefficient (Wildman–Crippen LogP) is 0.992. The molecule has 2 aromatic rings. The first-order valence-corrected chi connectivity index (χ1v) is 8.40. The van der Waals surface area contributed by atoms with Crippen LogP contribution in [0.25, 0.3) is 0 Å². The first-order chi connectivity index (χ1) is 8.78. The molecule has 0 bridgehead atoms. The van der Waals surface area contributed by atoms with Gasteiger partial charge in [-0.15, -0.1) is 0 Å². The van der Waals surface area contributed by atoms with Crippen LogP contribution >= 0.6 is 0 Å². The van der Waals surface area contributed by atoms with E-state index in [1.54, 1.807) is 0 Å². The highest BCUT2D eigenvalue weighted by molar-refractivity contribution is 5.21. The third-order valence-corrected chi connectivity index (χ3v) is 5.36. The van der Waals surface area contributed by atoms with Gasteiger partial charge in [-0.3, -0.25) is 0 Å². The summed E-state index contributed by atoms with van der Waals surface area (Å²) in [4.78, 5) is 0. The predicted molar refractivity (Wildman–Crippen MR) is 70.7 cm³/mol. The van der Waals surface area contributed by atoms with E-state index in [-0.39, 0.29) is 21.2 Å². The van der Waals surface area contributed by atoms with Gasteiger partial charge in [0.05, 0.1) is 6.10 Å². The summed E-state index contributed by atoms with van der Waals surface area (Å²) in [7, 11) is 0. The van der Waals surface area contributed by atoms with Crippen molar-refractivity contribution in [2.24, 2.45) is 0 Å². The SMILES string of the molecule is CCC(C)Oc1ccc([I+]c2ccccc2)cc1. The van der Waals surface area contributed by atoms with Crippen LogP contribution in [0.4, 0.5) is 0 Å². The highest BCUT2D eigenvalue weighted by Crippen LogP contribution is 2.11. The van der Waals surface area contributed by atoms with Crippen LogP contribution in [0, 0.1) is 7.14 Å². The van der Waals surface area contributed by atoms with Gasteiger partial charge in [-0.05, 0) is 49.7 Å². The Labute approximate surface area is 119 Å². The molecule has 0 saturated heterocycles. The Morgan fingerprint density at radius 2 is 1.56 bits per heavy atom. The smallest absolute Gasteiger partial charge is 0.357 e. The molecule has 2 heteroatoms. The van der Waals surface area contributed by atoms with Crippen LogP contribution in [0.2, 0.25) is 0 Å². The van der Waals surface area contributed by atoms with Gasteiger partial charge in [0.1, 0.15) is 5.75 Å². The Hall–Kier alpha value is -1.03. The van der Waals surface area contributed by atoms with Crippen molar-refractivity contribution >= 4 is 0 Å². The highest BCUT2D eigenvalue weighted by Gasteiger charge is 2.14. The van der Waals surface area contributed by atoms with Crippen molar-refractivity contribution in [2.45, 2.75) is 26.4 Å². The number of hydrogen-bond donors (Lipinski definition) is 0. The number of halogens is 1. The van der Waals surface area contributed by atoms with Gasteiger partial charge in [0.15, 0.2) is 7.14 Å². The third kappa shape index (κ3) is 4.02. The van der Waals surface area contributed by atoms with Crippen molar-refractivity contribution in [2.75, 3.05) is 0 Å². The van der Waals surface area contributed by atoms with Crippen molar-refractivity contribution < 1.29 is 25.9 Å². The summed E-state index contributed by atoms with van der Waals surface area (Å²) in [6.07, 6.45) is 1.33. The summed E-state index contributed by atoms with van der Waals surface area (Å²) in [5.41, 5.74) is 0. The fourth-order valence-corrected chi connectivity index (χ4v) is 3.71. The van der Waals surface area contributed by atoms with E-state index in [0.29, 0.717) is 6.10 Å². The molecule has 0 radical (unpaired) electrons. The van der Waals surface area contributed by atoms with E-state index in [4.69, 9.17) is 4.74 Å². The zero-order chi connectivity index (χ0) is 12.8. The molecule has 0 amide bonds. The molecule has 0 aliphatic rings. The summed E-state index contributed by atoms with van der Waals surface area (Å²) in [6.45, 7) is 4.24. The van der Waals surface area contributed by atoms with E-state index >= 15 is 0 Å². The molecule has 0 aromatic heterocycles. The minimum atomic E-state index is -0.0645. The Bertz CT molecular complexity index is 464. The standard InChI is InChI=1S/C16H18IO/c1-3-13(2)18-16-11-9-15(10-12-16)17-14-7-5-4-6-8-14/h4-13H,3H2,1-2H3/q+1. The second-order valence-corrected chi connectivity index (χ2v) is 7.21. The Morgan fingerprint density at radius 1 is 0.944 bits per heavy atom. The molecule has 94 valence electrons. The molecule has 0 heterocycles. The van der Waals surface area contributed by atoms with Crippen LogP contribution < -0.4 is 25.9 Å². The lowest BCUT2D eigenvalue weighted by Gasteiger charge is -2.11. The Balaban J connectivity index is 2.00. The second-order valence-electron chi connectivity index (χ2n) is 4.18. The molecule has 2 rings (SSSR count). The lowest BCUT2D eigenvalue weighted by atomic mass is 10.3. The Kier molecular flexibility index (Phi) is 5.05. The summed E-state index contributed by atoms with van der Waals surface area (Å²) in [5.74, 6) is 0.977. The maximum atomic E-state index is 5.78. The summed E-state index contributed by atoms with van der Waals surface area (Å²) < 4.78 is 8.66. The van der Waals surface area contributed by atoms with Crippen molar-refractivity contribution in [3.05, 3.63) is 61.7 Å². The van der Waals surface area contributed by atoms with E-state index in [2.05, 4.69) is 68.4 Å². The first kappa shape index (κ1) is 13.4. The minimum absolute atomic E-state index is 0.0645. The molecule has 0 N–H and O–H groups in total. The lowest BCUT2D eigenvalue weighted by Crippen LogP contribution is -3.61. The monoisotopic (exact) mass is 353 g/mol. The van der Waals surface area contributed by atoms with Gasteiger partial charge in [0.25, 0.3) is 0 Å². The van der Waals surface area contributed by atoms with Gasteiger partial charge in [0, 0.05) is 0 Å². The first-order valence-electron chi connectivity index (χ1n) is 6.24. The molecule has 0 spiro atoms. The number of ether oxygens (including phenoxy) is 1. The normalized spacial score (nSPS) is 12.1. The van der Waals surface area contributed by atoms with E-state index in [9.17, 15) is 0 Å². The quantitative estimate of drug-likeness (QED) is 0.729. The van der Waals surface area contributed by atoms with E-state index in [1.165, 1.54) is 7.14 Å². The maximum Gasteiger partial charge on any atom is 0.357 e. The van der Waals surface area contributed by atoms with Gasteiger partial charge in [-0.2, -0.15) is 0 Å². The molecule has 0 aliphatic heterocycles. The zero-order valence-electron chi connectivity index (χ0n) is 10.8. The zero-order valence-corrected chi connectivity index (χ0v) is 12.9. The minimum Gasteiger partial charge on any atom is -0.491 e. The Morgan fingerprint density at radius 3 is 2.17 bits per heavy atom. The molecular formula is C16H18IO+. The fourth-order valence-electron chi connectivity index (χ4n) is 1.50. The molecule has 1 nitrogen and oxygen atoms in total. The van der Waals surface area contributed by atoms with Crippen LogP contribution in [-0.4, -0.2) is 6.10 Å². The number of benzene rings is 2. The van der Waals surface area contributed by atoms with Gasteiger partial charge in [-0.1, -0.05) is 25.1 Å². The molecule has 1 atom stereocenters. The van der Waals surface area contributed by atoms with E-state index in [0.717, 1.165) is 12.2 Å². The summed E-state index contributed by atoms with van der Waals surface area (Å²) in [5, 5.41) is 0. The summed E-state index contributed by atoms with van der Waals surface area (Å²) >= 11 is -0.0645. The topological polar surface area (TPSA) is 9.23 Å². The van der Waals surface area contributed by atoms with Crippen LogP contribution in [0.3, 0.4) is 0 Å². The van der Waals surface area contributed by atoms with Gasteiger partial charge in [-0.25, -0.2) is 0 Å². The van der Waals surface area contributed by atoms with Crippen LogP contribution in [-0.2, 0) is 0 Å². The molecule has 1 unspecified atom stereocenters. The largest absolute Gasteiger partial charge is 0.491 e. The van der Waals surface area contributed by atoms with Gasteiger partial charge >= 0.3 is 21.2 Å². The second kappa shape index (κ2) is 6.78. The van der Waals surface area contributed by atoms with Crippen molar-refractivity contribution in [3.8, 4) is 5.75 Å². The molecule has 0 saturated carbocycles. The molecule has 0 aliphatic carbocycles. The van der Waals surface area contributed by atoms with Gasteiger partial charge in [0.2, 0.25) is 0 Å². The lowest BCUT2D eigenvalue weighted by molar-refractivity contribution is -0.597. The third-order valence-electron chi connectivity index (χ3n) is 2.68. The fraction of sp³-hybridized carbons (Fsp3) is 0.250. The van der Waals surface area contributed by atoms with Crippen LogP contribution in [0.5, 0.6) is 5.75 Å². The highest BCUT2D eigenvalue weighted by atomic mass is 127. The average molecular weight is 353 g/mol. The molecule has 18 heavy (non-hydrogen) atoms. The van der Waals surface area contributed by atoms with Crippen LogP contribution in [0.1, 0.15) is 20.3 Å².